The van der Waals surface area contributed by atoms with Gasteiger partial charge in [0.15, 0.2) is 0 Å². The van der Waals surface area contributed by atoms with E-state index in [9.17, 15) is 4.79 Å². The van der Waals surface area contributed by atoms with Crippen LogP contribution < -0.4 is 15.0 Å². The van der Waals surface area contributed by atoms with Gasteiger partial charge in [-0.2, -0.15) is 0 Å². The molecule has 1 N–H and O–H groups in total. The fourth-order valence-electron chi connectivity index (χ4n) is 4.74. The largest absolute Gasteiger partial charge is 0.497 e. The summed E-state index contributed by atoms with van der Waals surface area (Å²) in [5.74, 6) is 3.57. The van der Waals surface area contributed by atoms with Crippen molar-refractivity contribution < 1.29 is 23.5 Å². The molecule has 196 valence electrons. The Morgan fingerprint density at radius 3 is 2.08 bits per heavy atom. The third kappa shape index (κ3) is 5.84. The summed E-state index contributed by atoms with van der Waals surface area (Å²) in [7, 11) is 3.32. The predicted octanol–water partition coefficient (Wildman–Crippen LogP) is 6.65. The molecule has 1 aliphatic rings. The van der Waals surface area contributed by atoms with Crippen LogP contribution in [-0.2, 0) is 11.4 Å². The molecule has 3 aromatic carbocycles. The summed E-state index contributed by atoms with van der Waals surface area (Å²) < 4.78 is 17.2. The molecule has 0 saturated carbocycles. The van der Waals surface area contributed by atoms with Gasteiger partial charge >= 0.3 is 6.03 Å². The lowest BCUT2D eigenvalue weighted by Crippen LogP contribution is -2.44. The predicted molar refractivity (Wildman–Crippen MR) is 146 cm³/mol. The highest BCUT2D eigenvalue weighted by Crippen LogP contribution is 2.40. The number of carbonyl (C=O) groups excluding carboxylic acids is 1. The standard InChI is InChI=1S/C31H32N2O5/c1-35-26-12-8-23(9-13-26)28-20-29(38-30(28)25-10-14-27(36-2)15-11-25)24-16-18-33(19-17-24)31(34)32-37-21-22-6-4-3-5-7-22/h3-15,20,24H,16-19,21H2,1-2H3,(H,32,34). The summed E-state index contributed by atoms with van der Waals surface area (Å²) in [6.07, 6.45) is 1.62. The lowest BCUT2D eigenvalue weighted by molar-refractivity contribution is 0.0337. The SMILES string of the molecule is COc1ccc(-c2cc(C3CCN(C(=O)NOCc4ccccc4)CC3)oc2-c2ccc(OC)cc2)cc1. The summed E-state index contributed by atoms with van der Waals surface area (Å²) >= 11 is 0. The monoisotopic (exact) mass is 512 g/mol. The van der Waals surface area contributed by atoms with E-state index in [4.69, 9.17) is 18.7 Å². The van der Waals surface area contributed by atoms with E-state index >= 15 is 0 Å². The highest BCUT2D eigenvalue weighted by molar-refractivity contribution is 5.81. The van der Waals surface area contributed by atoms with E-state index < -0.39 is 0 Å². The van der Waals surface area contributed by atoms with Crippen LogP contribution in [0.25, 0.3) is 22.5 Å². The van der Waals surface area contributed by atoms with Gasteiger partial charge in [-0.25, -0.2) is 10.3 Å². The Morgan fingerprint density at radius 2 is 1.47 bits per heavy atom. The van der Waals surface area contributed by atoms with Crippen LogP contribution in [0.3, 0.4) is 0 Å². The molecular formula is C31H32N2O5. The van der Waals surface area contributed by atoms with Crippen LogP contribution in [-0.4, -0.2) is 38.2 Å². The first-order valence-electron chi connectivity index (χ1n) is 12.8. The van der Waals surface area contributed by atoms with E-state index in [2.05, 4.69) is 11.5 Å². The van der Waals surface area contributed by atoms with Crippen molar-refractivity contribution in [2.24, 2.45) is 0 Å². The number of hydrogen-bond donors (Lipinski definition) is 1. The molecule has 2 amide bonds. The Labute approximate surface area is 222 Å². The average Bonchev–Trinajstić information content (AvgIpc) is 3.43. The Morgan fingerprint density at radius 1 is 0.868 bits per heavy atom. The van der Waals surface area contributed by atoms with Crippen molar-refractivity contribution in [3.05, 3.63) is 96.3 Å². The topological polar surface area (TPSA) is 73.2 Å². The van der Waals surface area contributed by atoms with Crippen molar-refractivity contribution in [3.8, 4) is 33.9 Å². The molecule has 4 aromatic rings. The van der Waals surface area contributed by atoms with Gasteiger partial charge in [0.2, 0.25) is 0 Å². The van der Waals surface area contributed by atoms with Gasteiger partial charge in [0.1, 0.15) is 23.0 Å². The molecule has 5 rings (SSSR count). The molecule has 1 fully saturated rings. The van der Waals surface area contributed by atoms with E-state index in [1.54, 1.807) is 19.1 Å². The molecule has 0 atom stereocenters. The van der Waals surface area contributed by atoms with Crippen LogP contribution in [0, 0.1) is 0 Å². The van der Waals surface area contributed by atoms with E-state index in [0.717, 1.165) is 58.1 Å². The molecule has 1 saturated heterocycles. The molecule has 1 aliphatic heterocycles. The van der Waals surface area contributed by atoms with E-state index in [1.807, 2.05) is 78.9 Å². The fraction of sp³-hybridized carbons (Fsp3) is 0.258. The van der Waals surface area contributed by atoms with E-state index in [-0.39, 0.29) is 11.9 Å². The number of amides is 2. The van der Waals surface area contributed by atoms with E-state index in [1.165, 1.54) is 0 Å². The van der Waals surface area contributed by atoms with Gasteiger partial charge in [-0.1, -0.05) is 42.5 Å². The summed E-state index contributed by atoms with van der Waals surface area (Å²) in [5, 5.41) is 0. The van der Waals surface area contributed by atoms with Gasteiger partial charge in [-0.05, 0) is 66.4 Å². The summed E-state index contributed by atoms with van der Waals surface area (Å²) in [6, 6.07) is 27.6. The molecule has 0 aliphatic carbocycles. The molecule has 0 spiro atoms. The highest BCUT2D eigenvalue weighted by atomic mass is 16.7. The maximum Gasteiger partial charge on any atom is 0.341 e. The Kier molecular flexibility index (Phi) is 7.95. The minimum Gasteiger partial charge on any atom is -0.497 e. The minimum absolute atomic E-state index is 0.211. The number of hydrogen-bond acceptors (Lipinski definition) is 5. The van der Waals surface area contributed by atoms with Crippen LogP contribution in [0.15, 0.2) is 89.3 Å². The molecule has 7 nitrogen and oxygen atoms in total. The van der Waals surface area contributed by atoms with E-state index in [0.29, 0.717) is 19.7 Å². The average molecular weight is 513 g/mol. The zero-order valence-corrected chi connectivity index (χ0v) is 21.7. The third-order valence-electron chi connectivity index (χ3n) is 6.93. The molecule has 0 unspecified atom stereocenters. The minimum atomic E-state index is -0.211. The molecule has 0 radical (unpaired) electrons. The number of rotatable bonds is 8. The number of urea groups is 1. The van der Waals surface area contributed by atoms with Crippen molar-refractivity contribution in [1.82, 2.24) is 10.4 Å². The van der Waals surface area contributed by atoms with Crippen LogP contribution in [0.4, 0.5) is 4.79 Å². The fourth-order valence-corrected chi connectivity index (χ4v) is 4.74. The van der Waals surface area contributed by atoms with Gasteiger partial charge in [0.05, 0.1) is 20.8 Å². The lowest BCUT2D eigenvalue weighted by atomic mass is 9.93. The lowest BCUT2D eigenvalue weighted by Gasteiger charge is -2.30. The van der Waals surface area contributed by atoms with Crippen LogP contribution in [0.1, 0.15) is 30.1 Å². The Bertz CT molecular complexity index is 1260. The number of methoxy groups -OCH3 is 2. The number of benzene rings is 3. The van der Waals surface area contributed by atoms with Crippen molar-refractivity contribution in [2.45, 2.75) is 25.4 Å². The number of furan rings is 1. The van der Waals surface area contributed by atoms with Crippen molar-refractivity contribution in [1.29, 1.82) is 0 Å². The van der Waals surface area contributed by atoms with Gasteiger partial charge in [-0.15, -0.1) is 0 Å². The number of likely N-dealkylation sites (tertiary alicyclic amines) is 1. The number of piperidine rings is 1. The molecule has 2 heterocycles. The van der Waals surface area contributed by atoms with Gasteiger partial charge in [-0.3, -0.25) is 4.84 Å². The summed E-state index contributed by atoms with van der Waals surface area (Å²) in [4.78, 5) is 19.8. The number of nitrogens with zero attached hydrogens (tertiary/aromatic N) is 1. The first-order chi connectivity index (χ1) is 18.6. The van der Waals surface area contributed by atoms with Crippen LogP contribution in [0.2, 0.25) is 0 Å². The maximum absolute atomic E-state index is 12.6. The zero-order valence-electron chi connectivity index (χ0n) is 21.7. The molecule has 38 heavy (non-hydrogen) atoms. The Hall–Kier alpha value is -4.23. The second-order valence-electron chi connectivity index (χ2n) is 9.29. The zero-order chi connectivity index (χ0) is 26.3. The quantitative estimate of drug-likeness (QED) is 0.268. The second-order valence-corrected chi connectivity index (χ2v) is 9.29. The first-order valence-corrected chi connectivity index (χ1v) is 12.8. The molecule has 7 heteroatoms. The summed E-state index contributed by atoms with van der Waals surface area (Å²) in [6.45, 7) is 1.58. The molecule has 1 aromatic heterocycles. The van der Waals surface area contributed by atoms with Gasteiger partial charge in [0.25, 0.3) is 0 Å². The molecular weight excluding hydrogens is 480 g/mol. The van der Waals surface area contributed by atoms with Crippen LogP contribution in [0.5, 0.6) is 11.5 Å². The highest BCUT2D eigenvalue weighted by Gasteiger charge is 2.28. The van der Waals surface area contributed by atoms with Crippen molar-refractivity contribution in [2.75, 3.05) is 27.3 Å². The second kappa shape index (κ2) is 11.9. The number of carbonyl (C=O) groups is 1. The molecule has 0 bridgehead atoms. The number of hydroxylamine groups is 1. The van der Waals surface area contributed by atoms with Gasteiger partial charge < -0.3 is 18.8 Å². The smallest absolute Gasteiger partial charge is 0.341 e. The van der Waals surface area contributed by atoms with Crippen molar-refractivity contribution in [3.63, 3.8) is 0 Å². The normalized spacial score (nSPS) is 13.8. The Balaban J connectivity index is 1.28. The number of ether oxygens (including phenoxy) is 2. The van der Waals surface area contributed by atoms with Crippen molar-refractivity contribution >= 4 is 6.03 Å². The van der Waals surface area contributed by atoms with Crippen LogP contribution >= 0.6 is 0 Å². The first kappa shape index (κ1) is 25.4. The number of nitrogens with one attached hydrogen (secondary N) is 1. The third-order valence-corrected chi connectivity index (χ3v) is 6.93. The van der Waals surface area contributed by atoms with Gasteiger partial charge in [0, 0.05) is 30.1 Å². The summed E-state index contributed by atoms with van der Waals surface area (Å²) in [5.41, 5.74) is 6.64. The maximum atomic E-state index is 12.6.